The molecule has 18 heavy (non-hydrogen) atoms. The second kappa shape index (κ2) is 7.95. The van der Waals surface area contributed by atoms with Gasteiger partial charge in [-0.25, -0.2) is 0 Å². The lowest BCUT2D eigenvalue weighted by atomic mass is 10.2. The molecule has 102 valence electrons. The van der Waals surface area contributed by atoms with E-state index in [-0.39, 0.29) is 6.10 Å². The molecular formula is C14H24N2O2. The molecule has 0 aliphatic carbocycles. The highest BCUT2D eigenvalue weighted by atomic mass is 16.5. The first-order chi connectivity index (χ1) is 8.71. The monoisotopic (exact) mass is 252 g/mol. The van der Waals surface area contributed by atoms with Crippen LogP contribution in [0.4, 0.5) is 5.69 Å². The molecule has 4 heteroatoms. The van der Waals surface area contributed by atoms with Crippen LogP contribution >= 0.6 is 0 Å². The van der Waals surface area contributed by atoms with Crippen molar-refractivity contribution < 1.29 is 9.47 Å². The highest BCUT2D eigenvalue weighted by Gasteiger charge is 2.08. The van der Waals surface area contributed by atoms with Crippen LogP contribution in [0.2, 0.25) is 0 Å². The van der Waals surface area contributed by atoms with Crippen LogP contribution in [-0.2, 0) is 4.74 Å². The second-order valence-corrected chi connectivity index (χ2v) is 4.22. The molecule has 0 heterocycles. The van der Waals surface area contributed by atoms with Crippen LogP contribution < -0.4 is 15.4 Å². The van der Waals surface area contributed by atoms with Gasteiger partial charge in [0.25, 0.3) is 0 Å². The Balaban J connectivity index is 2.50. The van der Waals surface area contributed by atoms with E-state index in [1.165, 1.54) is 0 Å². The number of hydrogen-bond acceptors (Lipinski definition) is 4. The van der Waals surface area contributed by atoms with Crippen molar-refractivity contribution in [2.45, 2.75) is 19.4 Å². The standard InChI is InChI=1S/C14H24N2O2/c1-4-18-14(11-15)8-9-16(2)12-6-5-7-13(10-12)17-3/h5-7,10,14H,4,8-9,11,15H2,1-3H3. The van der Waals surface area contributed by atoms with Crippen LogP contribution in [0.1, 0.15) is 13.3 Å². The first-order valence-corrected chi connectivity index (χ1v) is 6.38. The quantitative estimate of drug-likeness (QED) is 0.767. The van der Waals surface area contributed by atoms with Crippen molar-refractivity contribution >= 4 is 5.69 Å². The lowest BCUT2D eigenvalue weighted by molar-refractivity contribution is 0.0646. The number of nitrogens with zero attached hydrogens (tertiary/aromatic N) is 1. The van der Waals surface area contributed by atoms with E-state index in [0.29, 0.717) is 13.2 Å². The maximum atomic E-state index is 5.67. The van der Waals surface area contributed by atoms with Gasteiger partial charge in [0.1, 0.15) is 5.75 Å². The van der Waals surface area contributed by atoms with Crippen molar-refractivity contribution in [3.63, 3.8) is 0 Å². The molecule has 0 radical (unpaired) electrons. The summed E-state index contributed by atoms with van der Waals surface area (Å²) in [5.41, 5.74) is 6.81. The first kappa shape index (κ1) is 14.8. The molecule has 1 unspecified atom stereocenters. The Hall–Kier alpha value is -1.26. The average Bonchev–Trinajstić information content (AvgIpc) is 2.43. The molecule has 0 aliphatic heterocycles. The summed E-state index contributed by atoms with van der Waals surface area (Å²) in [5, 5.41) is 0. The lowest BCUT2D eigenvalue weighted by Gasteiger charge is -2.23. The summed E-state index contributed by atoms with van der Waals surface area (Å²) in [4.78, 5) is 2.18. The summed E-state index contributed by atoms with van der Waals surface area (Å²) in [6.45, 7) is 4.19. The normalized spacial score (nSPS) is 12.2. The third-order valence-corrected chi connectivity index (χ3v) is 2.95. The van der Waals surface area contributed by atoms with E-state index in [1.54, 1.807) is 7.11 Å². The Morgan fingerprint density at radius 1 is 1.39 bits per heavy atom. The summed E-state index contributed by atoms with van der Waals surface area (Å²) in [6, 6.07) is 8.03. The lowest BCUT2D eigenvalue weighted by Crippen LogP contribution is -2.29. The van der Waals surface area contributed by atoms with Crippen LogP contribution in [0.5, 0.6) is 5.75 Å². The summed E-state index contributed by atoms with van der Waals surface area (Å²) in [7, 11) is 3.74. The van der Waals surface area contributed by atoms with Crippen molar-refractivity contribution in [3.8, 4) is 5.75 Å². The maximum Gasteiger partial charge on any atom is 0.120 e. The predicted molar refractivity (Wildman–Crippen MR) is 75.3 cm³/mol. The Morgan fingerprint density at radius 3 is 2.78 bits per heavy atom. The zero-order valence-electron chi connectivity index (χ0n) is 11.6. The fourth-order valence-corrected chi connectivity index (χ4v) is 1.82. The molecular weight excluding hydrogens is 228 g/mol. The van der Waals surface area contributed by atoms with E-state index in [4.69, 9.17) is 15.2 Å². The molecule has 1 aromatic carbocycles. The molecule has 0 amide bonds. The highest BCUT2D eigenvalue weighted by molar-refractivity contribution is 5.49. The molecule has 0 bridgehead atoms. The molecule has 1 rings (SSSR count). The first-order valence-electron chi connectivity index (χ1n) is 6.38. The maximum absolute atomic E-state index is 5.67. The van der Waals surface area contributed by atoms with Crippen molar-refractivity contribution in [2.24, 2.45) is 5.73 Å². The van der Waals surface area contributed by atoms with E-state index in [2.05, 4.69) is 18.0 Å². The molecule has 0 saturated heterocycles. The van der Waals surface area contributed by atoms with Gasteiger partial charge in [-0.1, -0.05) is 6.07 Å². The SMILES string of the molecule is CCOC(CN)CCN(C)c1cccc(OC)c1. The fraction of sp³-hybridized carbons (Fsp3) is 0.571. The van der Waals surface area contributed by atoms with Crippen LogP contribution in [0.15, 0.2) is 24.3 Å². The molecule has 0 fully saturated rings. The predicted octanol–water partition coefficient (Wildman–Crippen LogP) is 1.89. The molecule has 0 saturated carbocycles. The third kappa shape index (κ3) is 4.55. The van der Waals surface area contributed by atoms with Gasteiger partial charge < -0.3 is 20.1 Å². The number of methoxy groups -OCH3 is 1. The minimum Gasteiger partial charge on any atom is -0.497 e. The smallest absolute Gasteiger partial charge is 0.120 e. The Labute approximate surface area is 110 Å². The molecule has 0 spiro atoms. The van der Waals surface area contributed by atoms with Crippen molar-refractivity contribution in [3.05, 3.63) is 24.3 Å². The zero-order valence-corrected chi connectivity index (χ0v) is 11.6. The van der Waals surface area contributed by atoms with E-state index in [0.717, 1.165) is 24.4 Å². The Kier molecular flexibility index (Phi) is 6.54. The summed E-state index contributed by atoms with van der Waals surface area (Å²) in [5.74, 6) is 0.875. The number of anilines is 1. The molecule has 1 atom stereocenters. The number of ether oxygens (including phenoxy) is 2. The minimum atomic E-state index is 0.142. The van der Waals surface area contributed by atoms with Gasteiger partial charge in [0.05, 0.1) is 13.2 Å². The van der Waals surface area contributed by atoms with Crippen LogP contribution in [0, 0.1) is 0 Å². The van der Waals surface area contributed by atoms with Gasteiger partial charge in [-0.3, -0.25) is 0 Å². The Morgan fingerprint density at radius 2 is 2.17 bits per heavy atom. The summed E-state index contributed by atoms with van der Waals surface area (Å²) >= 11 is 0. The summed E-state index contributed by atoms with van der Waals surface area (Å²) < 4.78 is 10.8. The van der Waals surface area contributed by atoms with E-state index in [1.807, 2.05) is 25.1 Å². The topological polar surface area (TPSA) is 47.7 Å². The zero-order chi connectivity index (χ0) is 13.4. The number of rotatable bonds is 8. The van der Waals surface area contributed by atoms with E-state index < -0.39 is 0 Å². The fourth-order valence-electron chi connectivity index (χ4n) is 1.82. The van der Waals surface area contributed by atoms with Gasteiger partial charge in [0.15, 0.2) is 0 Å². The van der Waals surface area contributed by atoms with Gasteiger partial charge in [0, 0.05) is 38.5 Å². The minimum absolute atomic E-state index is 0.142. The van der Waals surface area contributed by atoms with Gasteiger partial charge in [0.2, 0.25) is 0 Å². The van der Waals surface area contributed by atoms with E-state index >= 15 is 0 Å². The van der Waals surface area contributed by atoms with E-state index in [9.17, 15) is 0 Å². The molecule has 2 N–H and O–H groups in total. The molecule has 4 nitrogen and oxygen atoms in total. The van der Waals surface area contributed by atoms with Crippen molar-refractivity contribution in [1.29, 1.82) is 0 Å². The number of nitrogens with two attached hydrogens (primary N) is 1. The number of hydrogen-bond donors (Lipinski definition) is 1. The number of benzene rings is 1. The summed E-state index contributed by atoms with van der Waals surface area (Å²) in [6.07, 6.45) is 1.07. The van der Waals surface area contributed by atoms with Gasteiger partial charge in [-0.2, -0.15) is 0 Å². The second-order valence-electron chi connectivity index (χ2n) is 4.22. The van der Waals surface area contributed by atoms with Gasteiger partial charge in [-0.15, -0.1) is 0 Å². The van der Waals surface area contributed by atoms with Crippen LogP contribution in [-0.4, -0.2) is 40.0 Å². The molecule has 1 aromatic rings. The van der Waals surface area contributed by atoms with Crippen LogP contribution in [0.3, 0.4) is 0 Å². The van der Waals surface area contributed by atoms with Crippen molar-refractivity contribution in [1.82, 2.24) is 0 Å². The Bertz CT molecular complexity index is 344. The van der Waals surface area contributed by atoms with Gasteiger partial charge in [-0.05, 0) is 25.5 Å². The third-order valence-electron chi connectivity index (χ3n) is 2.95. The molecule has 0 aromatic heterocycles. The molecule has 0 aliphatic rings. The van der Waals surface area contributed by atoms with Crippen LogP contribution in [0.25, 0.3) is 0 Å². The van der Waals surface area contributed by atoms with Crippen molar-refractivity contribution in [2.75, 3.05) is 38.8 Å². The largest absolute Gasteiger partial charge is 0.497 e. The van der Waals surface area contributed by atoms with Gasteiger partial charge >= 0.3 is 0 Å². The highest BCUT2D eigenvalue weighted by Crippen LogP contribution is 2.20. The average molecular weight is 252 g/mol.